The van der Waals surface area contributed by atoms with Crippen molar-refractivity contribution in [2.24, 2.45) is 0 Å². The molecule has 0 aromatic rings. The lowest BCUT2D eigenvalue weighted by molar-refractivity contribution is -0.116. The summed E-state index contributed by atoms with van der Waals surface area (Å²) < 4.78 is 5.41. The molecule has 1 aliphatic heterocycles. The van der Waals surface area contributed by atoms with Crippen LogP contribution in [0, 0.1) is 0 Å². The molecule has 0 bridgehead atoms. The first-order valence-electron chi connectivity index (χ1n) is 7.82. The molecule has 24 heavy (non-hydrogen) atoms. The Balaban J connectivity index is 2.28. The third-order valence-electron chi connectivity index (χ3n) is 2.71. The van der Waals surface area contributed by atoms with Gasteiger partial charge in [0.25, 0.3) is 5.91 Å². The molecule has 1 aliphatic rings. The van der Waals surface area contributed by atoms with Gasteiger partial charge in [-0.25, -0.2) is 0 Å². The Morgan fingerprint density at radius 3 is 3.12 bits per heavy atom. The van der Waals surface area contributed by atoms with E-state index < -0.39 is 0 Å². The van der Waals surface area contributed by atoms with Gasteiger partial charge in [0, 0.05) is 6.08 Å². The molecule has 0 saturated carbocycles. The molecule has 4 heteroatoms. The molecular weight excluding hydrogens is 318 g/mol. The molecule has 1 N–H and O–H groups in total. The van der Waals surface area contributed by atoms with Crippen LogP contribution in [0.15, 0.2) is 82.2 Å². The number of hydrogen-bond acceptors (Lipinski definition) is 3. The monoisotopic (exact) mass is 341 g/mol. The average molecular weight is 341 g/mol. The van der Waals surface area contributed by atoms with Crippen LogP contribution in [0.4, 0.5) is 0 Å². The zero-order valence-corrected chi connectivity index (χ0v) is 15.0. The topological polar surface area (TPSA) is 38.3 Å². The molecule has 0 unspecified atom stereocenters. The van der Waals surface area contributed by atoms with Crippen molar-refractivity contribution in [3.63, 3.8) is 0 Å². The Hall–Kier alpha value is -2.38. The molecule has 1 heterocycles. The van der Waals surface area contributed by atoms with E-state index in [9.17, 15) is 4.79 Å². The van der Waals surface area contributed by atoms with E-state index in [4.69, 9.17) is 4.74 Å². The van der Waals surface area contributed by atoms with Crippen molar-refractivity contribution >= 4 is 17.7 Å². The number of carbonyl (C=O) groups is 1. The van der Waals surface area contributed by atoms with Crippen molar-refractivity contribution in [1.29, 1.82) is 0 Å². The summed E-state index contributed by atoms with van der Waals surface area (Å²) in [6.45, 7) is 8.55. The molecule has 0 fully saturated rings. The van der Waals surface area contributed by atoms with Crippen LogP contribution in [0.25, 0.3) is 0 Å². The number of allylic oxidation sites excluding steroid dienone is 6. The molecule has 3 nitrogen and oxygen atoms in total. The van der Waals surface area contributed by atoms with Crippen LogP contribution in [0.5, 0.6) is 0 Å². The van der Waals surface area contributed by atoms with Gasteiger partial charge in [0.1, 0.15) is 12.4 Å². The third-order valence-corrected chi connectivity index (χ3v) is 3.72. The highest BCUT2D eigenvalue weighted by molar-refractivity contribution is 8.07. The smallest absolute Gasteiger partial charge is 0.258 e. The van der Waals surface area contributed by atoms with Crippen molar-refractivity contribution in [3.8, 4) is 0 Å². The lowest BCUT2D eigenvalue weighted by Gasteiger charge is -2.10. The fourth-order valence-electron chi connectivity index (χ4n) is 1.61. The van der Waals surface area contributed by atoms with Gasteiger partial charge in [0.05, 0.1) is 16.4 Å². The van der Waals surface area contributed by atoms with E-state index in [1.165, 1.54) is 11.8 Å². The highest BCUT2D eigenvalue weighted by Crippen LogP contribution is 2.28. The number of nitrogens with one attached hydrogen (secondary N) is 1. The van der Waals surface area contributed by atoms with E-state index in [1.807, 2.05) is 31.2 Å². The summed E-state index contributed by atoms with van der Waals surface area (Å²) in [5.41, 5.74) is 6.03. The number of rotatable bonds is 9. The normalized spacial score (nSPS) is 13.2. The Morgan fingerprint density at radius 2 is 2.38 bits per heavy atom. The maximum Gasteiger partial charge on any atom is 0.258 e. The summed E-state index contributed by atoms with van der Waals surface area (Å²) in [5.74, 6) is 0.395. The van der Waals surface area contributed by atoms with Crippen molar-refractivity contribution in [3.05, 3.63) is 82.2 Å². The van der Waals surface area contributed by atoms with E-state index >= 15 is 0 Å². The van der Waals surface area contributed by atoms with Crippen LogP contribution < -0.4 is 5.32 Å². The second-order valence-electron chi connectivity index (χ2n) is 4.69. The molecule has 1 amide bonds. The predicted molar refractivity (Wildman–Crippen MR) is 102 cm³/mol. The summed E-state index contributed by atoms with van der Waals surface area (Å²) in [4.78, 5) is 13.6. The predicted octanol–water partition coefficient (Wildman–Crippen LogP) is 4.56. The van der Waals surface area contributed by atoms with E-state index in [1.54, 1.807) is 24.3 Å². The molecule has 126 valence electrons. The van der Waals surface area contributed by atoms with Crippen molar-refractivity contribution in [2.75, 3.05) is 13.2 Å². The minimum Gasteiger partial charge on any atom is -0.492 e. The van der Waals surface area contributed by atoms with Crippen LogP contribution in [-0.2, 0) is 9.53 Å². The van der Waals surface area contributed by atoms with Gasteiger partial charge in [0.15, 0.2) is 0 Å². The second-order valence-corrected chi connectivity index (χ2v) is 5.78. The Bertz CT molecular complexity index is 668. The number of amides is 1. The summed E-state index contributed by atoms with van der Waals surface area (Å²) in [5, 5.41) is 2.82. The SMILES string of the molecule is C=C(C=C=C/C=C\CC)OCCNC(=O)C1=CC=C=C(/C=C/C)S1. The van der Waals surface area contributed by atoms with Gasteiger partial charge >= 0.3 is 0 Å². The van der Waals surface area contributed by atoms with Gasteiger partial charge in [0.2, 0.25) is 0 Å². The van der Waals surface area contributed by atoms with Gasteiger partial charge in [-0.1, -0.05) is 43.5 Å². The van der Waals surface area contributed by atoms with E-state index in [0.717, 1.165) is 11.3 Å². The first kappa shape index (κ1) is 19.7. The molecular formula is C20H23NO2S. The van der Waals surface area contributed by atoms with Crippen molar-refractivity contribution in [2.45, 2.75) is 20.3 Å². The minimum atomic E-state index is -0.117. The summed E-state index contributed by atoms with van der Waals surface area (Å²) in [6.07, 6.45) is 15.8. The van der Waals surface area contributed by atoms with E-state index in [2.05, 4.69) is 30.3 Å². The quantitative estimate of drug-likeness (QED) is 0.289. The van der Waals surface area contributed by atoms with Crippen LogP contribution >= 0.6 is 11.8 Å². The molecule has 0 aromatic heterocycles. The summed E-state index contributed by atoms with van der Waals surface area (Å²) in [7, 11) is 0. The first-order valence-corrected chi connectivity index (χ1v) is 8.64. The first-order chi connectivity index (χ1) is 11.7. The largest absolute Gasteiger partial charge is 0.492 e. The zero-order valence-electron chi connectivity index (χ0n) is 14.2. The maximum atomic E-state index is 12.1. The lowest BCUT2D eigenvalue weighted by atomic mass is 10.4. The van der Waals surface area contributed by atoms with Crippen LogP contribution in [-0.4, -0.2) is 19.1 Å². The molecule has 0 aromatic carbocycles. The molecule has 1 rings (SSSR count). The molecule has 0 atom stereocenters. The fraction of sp³-hybridized carbons (Fsp3) is 0.250. The standard InChI is InChI=1S/C20H23NO2S/c1-4-6-7-8-9-12-17(3)23-16-15-21-20(22)19-14-10-13-18(24-19)11-5-2/h5-8,10-12,14H,3-4,15-16H2,1-2H3,(H,21,22)/b7-6-,11-5+. The van der Waals surface area contributed by atoms with Crippen molar-refractivity contribution < 1.29 is 9.53 Å². The van der Waals surface area contributed by atoms with Gasteiger partial charge in [-0.2, -0.15) is 0 Å². The molecule has 0 radical (unpaired) electrons. The average Bonchev–Trinajstić information content (AvgIpc) is 2.59. The number of carbonyl (C=O) groups excluding carboxylic acids is 1. The summed E-state index contributed by atoms with van der Waals surface area (Å²) in [6, 6.07) is 0. The van der Waals surface area contributed by atoms with E-state index in [0.29, 0.717) is 23.8 Å². The van der Waals surface area contributed by atoms with Crippen LogP contribution in [0.3, 0.4) is 0 Å². The second kappa shape index (κ2) is 12.1. The van der Waals surface area contributed by atoms with Gasteiger partial charge in [-0.05, 0) is 37.6 Å². The minimum absolute atomic E-state index is 0.117. The number of thioether (sulfide) groups is 1. The van der Waals surface area contributed by atoms with Gasteiger partial charge in [-0.3, -0.25) is 4.79 Å². The maximum absolute atomic E-state index is 12.1. The van der Waals surface area contributed by atoms with Crippen molar-refractivity contribution in [1.82, 2.24) is 5.32 Å². The van der Waals surface area contributed by atoms with Gasteiger partial charge in [-0.15, -0.1) is 11.5 Å². The third kappa shape index (κ3) is 8.30. The zero-order chi connectivity index (χ0) is 17.6. The van der Waals surface area contributed by atoms with Crippen LogP contribution in [0.1, 0.15) is 20.3 Å². The highest BCUT2D eigenvalue weighted by Gasteiger charge is 2.12. The molecule has 0 aliphatic carbocycles. The lowest BCUT2D eigenvalue weighted by Crippen LogP contribution is -2.27. The number of ether oxygens (including phenoxy) is 1. The number of hydrogen-bond donors (Lipinski definition) is 1. The Morgan fingerprint density at radius 1 is 1.54 bits per heavy atom. The Kier molecular flexibility index (Phi) is 9.91. The molecule has 0 saturated heterocycles. The summed E-state index contributed by atoms with van der Waals surface area (Å²) >= 11 is 1.40. The van der Waals surface area contributed by atoms with Crippen LogP contribution in [0.2, 0.25) is 0 Å². The molecule has 0 spiro atoms. The Labute approximate surface area is 148 Å². The van der Waals surface area contributed by atoms with E-state index in [-0.39, 0.29) is 5.91 Å². The fourth-order valence-corrected chi connectivity index (χ4v) is 2.48. The van der Waals surface area contributed by atoms with Gasteiger partial charge < -0.3 is 10.1 Å². The highest BCUT2D eigenvalue weighted by atomic mass is 32.2.